The van der Waals surface area contributed by atoms with Crippen molar-refractivity contribution in [2.75, 3.05) is 0 Å². The van der Waals surface area contributed by atoms with Gasteiger partial charge in [-0.3, -0.25) is 4.79 Å². The van der Waals surface area contributed by atoms with E-state index in [1.165, 1.54) is 0 Å². The Morgan fingerprint density at radius 3 is 1.96 bits per heavy atom. The second-order valence-corrected chi connectivity index (χ2v) is 6.25. The molecule has 3 nitrogen and oxygen atoms in total. The molecule has 0 saturated carbocycles. The van der Waals surface area contributed by atoms with Crippen LogP contribution in [0.15, 0.2) is 78.9 Å². The first-order chi connectivity index (χ1) is 12.2. The van der Waals surface area contributed by atoms with Crippen LogP contribution in [-0.4, -0.2) is 5.91 Å². The van der Waals surface area contributed by atoms with Gasteiger partial charge in [0.1, 0.15) is 11.5 Å². The summed E-state index contributed by atoms with van der Waals surface area (Å²) in [5, 5.41) is 3.15. The van der Waals surface area contributed by atoms with Crippen LogP contribution in [0.2, 0.25) is 0 Å². The van der Waals surface area contributed by atoms with Crippen molar-refractivity contribution < 1.29 is 9.53 Å². The van der Waals surface area contributed by atoms with Gasteiger partial charge in [0.2, 0.25) is 5.91 Å². The van der Waals surface area contributed by atoms with Crippen LogP contribution in [0.1, 0.15) is 35.6 Å². The quantitative estimate of drug-likeness (QED) is 0.749. The fourth-order valence-electron chi connectivity index (χ4n) is 3.31. The molecular formula is C22H19NO2. The van der Waals surface area contributed by atoms with Crippen LogP contribution in [0.25, 0.3) is 0 Å². The number of carbonyl (C=O) groups is 1. The molecule has 1 aliphatic rings. The molecule has 1 atom stereocenters. The number of carbonyl (C=O) groups excluding carboxylic acids is 1. The molecule has 25 heavy (non-hydrogen) atoms. The van der Waals surface area contributed by atoms with Gasteiger partial charge < -0.3 is 10.1 Å². The fraction of sp³-hybridized carbons (Fsp3) is 0.136. The molecule has 3 aromatic rings. The van der Waals surface area contributed by atoms with Crippen LogP contribution >= 0.6 is 0 Å². The summed E-state index contributed by atoms with van der Waals surface area (Å²) in [4.78, 5) is 13.1. The maximum Gasteiger partial charge on any atom is 0.232 e. The van der Waals surface area contributed by atoms with Crippen LogP contribution in [0.5, 0.6) is 11.5 Å². The number of benzene rings is 3. The molecule has 124 valence electrons. The summed E-state index contributed by atoms with van der Waals surface area (Å²) in [6.07, 6.45) is 0. The van der Waals surface area contributed by atoms with E-state index in [-0.39, 0.29) is 17.9 Å². The van der Waals surface area contributed by atoms with Gasteiger partial charge in [-0.05, 0) is 24.6 Å². The predicted molar refractivity (Wildman–Crippen MR) is 97.8 cm³/mol. The van der Waals surface area contributed by atoms with Crippen molar-refractivity contribution in [3.05, 3.63) is 95.6 Å². The number of para-hydroxylation sites is 2. The molecule has 1 N–H and O–H groups in total. The molecule has 0 spiro atoms. The van der Waals surface area contributed by atoms with Gasteiger partial charge in [0.15, 0.2) is 0 Å². The molecule has 1 aliphatic heterocycles. The van der Waals surface area contributed by atoms with E-state index in [1.807, 2.05) is 85.8 Å². The SMILES string of the molecule is C[C@H](NC(=O)C1c2ccccc2Oc2ccccc21)c1ccccc1. The van der Waals surface area contributed by atoms with Crippen molar-refractivity contribution in [1.82, 2.24) is 5.32 Å². The van der Waals surface area contributed by atoms with Crippen molar-refractivity contribution in [2.45, 2.75) is 18.9 Å². The van der Waals surface area contributed by atoms with Gasteiger partial charge in [0.05, 0.1) is 12.0 Å². The smallest absolute Gasteiger partial charge is 0.232 e. The van der Waals surface area contributed by atoms with E-state index in [9.17, 15) is 4.79 Å². The number of nitrogens with one attached hydrogen (secondary N) is 1. The lowest BCUT2D eigenvalue weighted by Gasteiger charge is -2.28. The Morgan fingerprint density at radius 1 is 0.840 bits per heavy atom. The Morgan fingerprint density at radius 2 is 1.36 bits per heavy atom. The number of hydrogen-bond donors (Lipinski definition) is 1. The summed E-state index contributed by atoms with van der Waals surface area (Å²) >= 11 is 0. The second kappa shape index (κ2) is 6.44. The Hall–Kier alpha value is -3.07. The van der Waals surface area contributed by atoms with Gasteiger partial charge in [-0.1, -0.05) is 66.7 Å². The predicted octanol–water partition coefficient (Wildman–Crippen LogP) is 4.80. The summed E-state index contributed by atoms with van der Waals surface area (Å²) in [6, 6.07) is 25.4. The molecule has 0 radical (unpaired) electrons. The van der Waals surface area contributed by atoms with E-state index in [0.29, 0.717) is 0 Å². The Balaban J connectivity index is 1.68. The van der Waals surface area contributed by atoms with Crippen molar-refractivity contribution in [3.63, 3.8) is 0 Å². The van der Waals surface area contributed by atoms with Gasteiger partial charge in [0, 0.05) is 11.1 Å². The van der Waals surface area contributed by atoms with Crippen LogP contribution in [0.4, 0.5) is 0 Å². The highest BCUT2D eigenvalue weighted by Gasteiger charge is 2.32. The number of ether oxygens (including phenoxy) is 1. The molecule has 0 aromatic heterocycles. The van der Waals surface area contributed by atoms with Crippen LogP contribution in [0.3, 0.4) is 0 Å². The zero-order valence-electron chi connectivity index (χ0n) is 14.0. The minimum atomic E-state index is -0.368. The van der Waals surface area contributed by atoms with Gasteiger partial charge in [-0.25, -0.2) is 0 Å². The standard InChI is InChI=1S/C22H19NO2/c1-15(16-9-3-2-4-10-16)23-22(24)21-17-11-5-7-13-19(17)25-20-14-8-6-12-18(20)21/h2-15,21H,1H3,(H,23,24)/t15-/m0/s1. The van der Waals surface area contributed by atoms with Gasteiger partial charge >= 0.3 is 0 Å². The van der Waals surface area contributed by atoms with Gasteiger partial charge in [-0.2, -0.15) is 0 Å². The summed E-state index contributed by atoms with van der Waals surface area (Å²) in [5.41, 5.74) is 2.89. The first kappa shape index (κ1) is 15.5. The second-order valence-electron chi connectivity index (χ2n) is 6.25. The molecule has 4 rings (SSSR count). The number of rotatable bonds is 3. The van der Waals surface area contributed by atoms with Crippen molar-refractivity contribution in [2.24, 2.45) is 0 Å². The largest absolute Gasteiger partial charge is 0.457 e. The fourth-order valence-corrected chi connectivity index (χ4v) is 3.31. The molecule has 1 amide bonds. The lowest BCUT2D eigenvalue weighted by atomic mass is 9.87. The highest BCUT2D eigenvalue weighted by Crippen LogP contribution is 2.44. The lowest BCUT2D eigenvalue weighted by molar-refractivity contribution is -0.122. The topological polar surface area (TPSA) is 38.3 Å². The van der Waals surface area contributed by atoms with Crippen molar-refractivity contribution in [3.8, 4) is 11.5 Å². The van der Waals surface area contributed by atoms with E-state index in [4.69, 9.17) is 4.74 Å². The van der Waals surface area contributed by atoms with E-state index in [1.54, 1.807) is 0 Å². The zero-order valence-corrected chi connectivity index (χ0v) is 14.0. The molecule has 0 saturated heterocycles. The van der Waals surface area contributed by atoms with E-state index in [2.05, 4.69) is 5.32 Å². The monoisotopic (exact) mass is 329 g/mol. The average molecular weight is 329 g/mol. The highest BCUT2D eigenvalue weighted by atomic mass is 16.5. The van der Waals surface area contributed by atoms with Crippen molar-refractivity contribution >= 4 is 5.91 Å². The Labute approximate surface area is 147 Å². The number of hydrogen-bond acceptors (Lipinski definition) is 2. The third-order valence-electron chi connectivity index (χ3n) is 4.60. The zero-order chi connectivity index (χ0) is 17.2. The molecule has 0 aliphatic carbocycles. The maximum absolute atomic E-state index is 13.1. The molecular weight excluding hydrogens is 310 g/mol. The van der Waals surface area contributed by atoms with Crippen molar-refractivity contribution in [1.29, 1.82) is 0 Å². The first-order valence-corrected chi connectivity index (χ1v) is 8.45. The van der Waals surface area contributed by atoms with Gasteiger partial charge in [-0.15, -0.1) is 0 Å². The molecule has 0 bridgehead atoms. The molecule has 0 fully saturated rings. The normalized spacial score (nSPS) is 14.0. The third-order valence-corrected chi connectivity index (χ3v) is 4.60. The van der Waals surface area contributed by atoms with E-state index in [0.717, 1.165) is 28.2 Å². The Bertz CT molecular complexity index is 859. The lowest BCUT2D eigenvalue weighted by Crippen LogP contribution is -2.33. The summed E-state index contributed by atoms with van der Waals surface area (Å²) < 4.78 is 5.97. The third kappa shape index (κ3) is 2.89. The number of amides is 1. The first-order valence-electron chi connectivity index (χ1n) is 8.45. The van der Waals surface area contributed by atoms with Crippen LogP contribution in [0, 0.1) is 0 Å². The minimum absolute atomic E-state index is 0.0143. The summed E-state index contributed by atoms with van der Waals surface area (Å²) in [5.74, 6) is 1.11. The highest BCUT2D eigenvalue weighted by molar-refractivity contribution is 5.89. The Kier molecular flexibility index (Phi) is 3.98. The minimum Gasteiger partial charge on any atom is -0.457 e. The number of fused-ring (bicyclic) bond motifs is 2. The van der Waals surface area contributed by atoms with Crippen LogP contribution < -0.4 is 10.1 Å². The maximum atomic E-state index is 13.1. The molecule has 0 unspecified atom stereocenters. The summed E-state index contributed by atoms with van der Waals surface area (Å²) in [7, 11) is 0. The molecule has 1 heterocycles. The average Bonchev–Trinajstić information content (AvgIpc) is 2.66. The van der Waals surface area contributed by atoms with E-state index < -0.39 is 0 Å². The summed E-state index contributed by atoms with van der Waals surface area (Å²) in [6.45, 7) is 2.00. The molecule has 3 heteroatoms. The van der Waals surface area contributed by atoms with E-state index >= 15 is 0 Å². The van der Waals surface area contributed by atoms with Gasteiger partial charge in [0.25, 0.3) is 0 Å². The molecule has 3 aromatic carbocycles. The van der Waals surface area contributed by atoms with Crippen LogP contribution in [-0.2, 0) is 4.79 Å².